The Bertz CT molecular complexity index is 1220. The Kier molecular flexibility index (Phi) is 5.77. The molecule has 0 N–H and O–H groups in total. The highest BCUT2D eigenvalue weighted by Gasteiger charge is 2.19. The first kappa shape index (κ1) is 19.7. The van der Waals surface area contributed by atoms with Crippen LogP contribution in [0, 0.1) is 10.1 Å². The van der Waals surface area contributed by atoms with E-state index in [-0.39, 0.29) is 17.9 Å². The molecule has 4 aromatic rings. The molecule has 0 aromatic heterocycles. The van der Waals surface area contributed by atoms with Gasteiger partial charge >= 0.3 is 5.97 Å². The third kappa shape index (κ3) is 4.34. The van der Waals surface area contributed by atoms with Crippen LogP contribution in [0.2, 0.25) is 0 Å². The number of rotatable bonds is 6. The van der Waals surface area contributed by atoms with E-state index in [2.05, 4.69) is 0 Å². The molecule has 0 aliphatic rings. The maximum Gasteiger partial charge on any atom is 0.338 e. The first-order valence-electron chi connectivity index (χ1n) is 9.27. The molecule has 0 saturated carbocycles. The highest BCUT2D eigenvalue weighted by Crippen LogP contribution is 2.35. The van der Waals surface area contributed by atoms with Crippen molar-refractivity contribution in [3.63, 3.8) is 0 Å². The Hall–Kier alpha value is -3.64. The summed E-state index contributed by atoms with van der Waals surface area (Å²) in [6.07, 6.45) is 0. The van der Waals surface area contributed by atoms with Crippen molar-refractivity contribution in [2.45, 2.75) is 16.4 Å². The largest absolute Gasteiger partial charge is 0.457 e. The molecule has 0 aliphatic heterocycles. The van der Waals surface area contributed by atoms with Crippen molar-refractivity contribution < 1.29 is 14.5 Å². The highest BCUT2D eigenvalue weighted by molar-refractivity contribution is 7.99. The van der Waals surface area contributed by atoms with Gasteiger partial charge in [0.05, 0.1) is 15.4 Å². The van der Waals surface area contributed by atoms with E-state index in [0.717, 1.165) is 21.2 Å². The summed E-state index contributed by atoms with van der Waals surface area (Å²) < 4.78 is 5.45. The molecule has 0 heterocycles. The van der Waals surface area contributed by atoms with Crippen molar-refractivity contribution in [3.8, 4) is 0 Å². The number of esters is 1. The lowest BCUT2D eigenvalue weighted by Crippen LogP contribution is -2.06. The maximum atomic E-state index is 12.5. The third-order valence-corrected chi connectivity index (χ3v) is 5.67. The van der Waals surface area contributed by atoms with Gasteiger partial charge in [0, 0.05) is 11.0 Å². The number of ether oxygens (including phenoxy) is 1. The first-order chi connectivity index (χ1) is 14.6. The van der Waals surface area contributed by atoms with Crippen LogP contribution in [-0.4, -0.2) is 10.9 Å². The number of nitro groups is 1. The molecule has 0 atom stereocenters. The number of nitrogens with zero attached hydrogens (tertiary/aromatic N) is 1. The summed E-state index contributed by atoms with van der Waals surface area (Å²) in [4.78, 5) is 25.0. The van der Waals surface area contributed by atoms with Crippen LogP contribution < -0.4 is 0 Å². The molecule has 0 saturated heterocycles. The Morgan fingerprint density at radius 1 is 0.900 bits per heavy atom. The van der Waals surface area contributed by atoms with Crippen LogP contribution in [0.5, 0.6) is 0 Å². The second-order valence-electron chi connectivity index (χ2n) is 6.57. The fraction of sp³-hybridized carbons (Fsp3) is 0.0417. The van der Waals surface area contributed by atoms with Gasteiger partial charge in [-0.15, -0.1) is 0 Å². The summed E-state index contributed by atoms with van der Waals surface area (Å²) in [5, 5.41) is 13.6. The summed E-state index contributed by atoms with van der Waals surface area (Å²) in [5.41, 5.74) is 0.912. The van der Waals surface area contributed by atoms with Crippen LogP contribution in [-0.2, 0) is 11.3 Å². The predicted molar refractivity (Wildman–Crippen MR) is 117 cm³/mol. The predicted octanol–water partition coefficient (Wildman–Crippen LogP) is 6.26. The molecule has 30 heavy (non-hydrogen) atoms. The molecule has 0 spiro atoms. The number of carbonyl (C=O) groups is 1. The zero-order chi connectivity index (χ0) is 20.9. The number of benzene rings is 4. The average molecular weight is 415 g/mol. The van der Waals surface area contributed by atoms with E-state index in [1.165, 1.54) is 17.8 Å². The fourth-order valence-corrected chi connectivity index (χ4v) is 4.06. The smallest absolute Gasteiger partial charge is 0.338 e. The molecule has 0 unspecified atom stereocenters. The van der Waals surface area contributed by atoms with Crippen molar-refractivity contribution in [2.75, 3.05) is 0 Å². The number of fused-ring (bicyclic) bond motifs is 1. The van der Waals surface area contributed by atoms with E-state index >= 15 is 0 Å². The fourth-order valence-electron chi connectivity index (χ4n) is 3.13. The minimum Gasteiger partial charge on any atom is -0.457 e. The lowest BCUT2D eigenvalue weighted by Gasteiger charge is -2.09. The molecule has 0 aliphatic carbocycles. The topological polar surface area (TPSA) is 69.4 Å². The van der Waals surface area contributed by atoms with Gasteiger partial charge in [0.25, 0.3) is 5.69 Å². The summed E-state index contributed by atoms with van der Waals surface area (Å²) in [6.45, 7) is 0.0918. The van der Waals surface area contributed by atoms with Gasteiger partial charge < -0.3 is 4.74 Å². The Morgan fingerprint density at radius 2 is 1.63 bits per heavy atom. The van der Waals surface area contributed by atoms with E-state index < -0.39 is 10.9 Å². The minimum absolute atomic E-state index is 0.0918. The van der Waals surface area contributed by atoms with Crippen molar-refractivity contribution in [1.29, 1.82) is 0 Å². The Labute approximate surface area is 177 Å². The van der Waals surface area contributed by atoms with Crippen molar-refractivity contribution in [3.05, 3.63) is 112 Å². The Balaban J connectivity index is 1.54. The van der Waals surface area contributed by atoms with Gasteiger partial charge in [-0.25, -0.2) is 4.79 Å². The number of hydrogen-bond donors (Lipinski definition) is 0. The van der Waals surface area contributed by atoms with Crippen LogP contribution in [0.1, 0.15) is 15.9 Å². The van der Waals surface area contributed by atoms with E-state index in [4.69, 9.17) is 4.74 Å². The van der Waals surface area contributed by atoms with Crippen LogP contribution in [0.3, 0.4) is 0 Å². The lowest BCUT2D eigenvalue weighted by molar-refractivity contribution is -0.387. The molecule has 4 aromatic carbocycles. The SMILES string of the molecule is O=C(OCc1cccc2ccccc12)c1ccc(Sc2ccccc2)c([N+](=O)[O-])c1. The number of carbonyl (C=O) groups excluding carboxylic acids is 1. The Morgan fingerprint density at radius 3 is 2.43 bits per heavy atom. The van der Waals surface area contributed by atoms with Gasteiger partial charge in [0.15, 0.2) is 0 Å². The van der Waals surface area contributed by atoms with Crippen molar-refractivity contribution in [2.24, 2.45) is 0 Å². The molecular formula is C24H17NO4S. The van der Waals surface area contributed by atoms with Gasteiger partial charge in [0.2, 0.25) is 0 Å². The number of hydrogen-bond acceptors (Lipinski definition) is 5. The standard InChI is InChI=1S/C24H17NO4S/c26-24(29-16-19-9-6-8-17-7-4-5-12-21(17)19)18-13-14-23(22(15-18)25(27)28)30-20-10-2-1-3-11-20/h1-15H,16H2. The van der Waals surface area contributed by atoms with Gasteiger partial charge in [-0.2, -0.15) is 0 Å². The summed E-state index contributed by atoms with van der Waals surface area (Å²) in [5.74, 6) is -0.595. The molecule has 0 bridgehead atoms. The normalized spacial score (nSPS) is 10.7. The zero-order valence-electron chi connectivity index (χ0n) is 15.9. The van der Waals surface area contributed by atoms with E-state index in [1.54, 1.807) is 12.1 Å². The van der Waals surface area contributed by atoms with E-state index in [9.17, 15) is 14.9 Å². The van der Waals surface area contributed by atoms with Gasteiger partial charge in [-0.05, 0) is 40.6 Å². The summed E-state index contributed by atoms with van der Waals surface area (Å²) in [7, 11) is 0. The monoisotopic (exact) mass is 415 g/mol. The lowest BCUT2D eigenvalue weighted by atomic mass is 10.1. The molecule has 4 rings (SSSR count). The molecule has 0 fully saturated rings. The van der Waals surface area contributed by atoms with Crippen LogP contribution >= 0.6 is 11.8 Å². The number of nitro benzene ring substituents is 1. The second kappa shape index (κ2) is 8.80. The van der Waals surface area contributed by atoms with Crippen LogP contribution in [0.15, 0.2) is 101 Å². The van der Waals surface area contributed by atoms with Crippen LogP contribution in [0.25, 0.3) is 10.8 Å². The van der Waals surface area contributed by atoms with E-state index in [1.807, 2.05) is 72.8 Å². The van der Waals surface area contributed by atoms with Crippen molar-refractivity contribution in [1.82, 2.24) is 0 Å². The van der Waals surface area contributed by atoms with Gasteiger partial charge in [-0.1, -0.05) is 72.4 Å². The van der Waals surface area contributed by atoms with Gasteiger partial charge in [0.1, 0.15) is 6.61 Å². The van der Waals surface area contributed by atoms with Crippen molar-refractivity contribution >= 4 is 34.2 Å². The molecule has 0 radical (unpaired) electrons. The van der Waals surface area contributed by atoms with E-state index in [0.29, 0.717) is 4.90 Å². The van der Waals surface area contributed by atoms with Gasteiger partial charge in [-0.3, -0.25) is 10.1 Å². The molecule has 148 valence electrons. The second-order valence-corrected chi connectivity index (χ2v) is 7.68. The maximum absolute atomic E-state index is 12.5. The zero-order valence-corrected chi connectivity index (χ0v) is 16.7. The molecule has 0 amide bonds. The molecule has 6 heteroatoms. The average Bonchev–Trinajstić information content (AvgIpc) is 2.78. The summed E-state index contributed by atoms with van der Waals surface area (Å²) in [6, 6.07) is 27.4. The molecular weight excluding hydrogens is 398 g/mol. The minimum atomic E-state index is -0.595. The van der Waals surface area contributed by atoms with Crippen LogP contribution in [0.4, 0.5) is 5.69 Å². The first-order valence-corrected chi connectivity index (χ1v) is 10.1. The third-order valence-electron chi connectivity index (χ3n) is 4.60. The highest BCUT2D eigenvalue weighted by atomic mass is 32.2. The molecule has 5 nitrogen and oxygen atoms in total. The quantitative estimate of drug-likeness (QED) is 0.211. The summed E-state index contributed by atoms with van der Waals surface area (Å²) >= 11 is 1.28.